The number of likely N-dealkylation sites (tertiary alicyclic amines) is 1. The summed E-state index contributed by atoms with van der Waals surface area (Å²) < 4.78 is 11.2. The minimum absolute atomic E-state index is 0.233. The number of nitrogens with zero attached hydrogens (tertiary/aromatic N) is 2. The summed E-state index contributed by atoms with van der Waals surface area (Å²) in [6.07, 6.45) is 5.08. The SMILES string of the molecule is C[C@H]1CN(C2CCN(C(=O)CNC[C@@H]3CCCO3)CC2)CCO1. The molecular formula is C17H31N3O3. The van der Waals surface area contributed by atoms with Gasteiger partial charge in [0.2, 0.25) is 5.91 Å². The lowest BCUT2D eigenvalue weighted by atomic mass is 10.0. The van der Waals surface area contributed by atoms with Gasteiger partial charge in [-0.2, -0.15) is 0 Å². The molecule has 0 aliphatic carbocycles. The molecule has 3 aliphatic rings. The van der Waals surface area contributed by atoms with Crippen molar-refractivity contribution in [2.24, 2.45) is 0 Å². The van der Waals surface area contributed by atoms with Crippen molar-refractivity contribution in [2.75, 3.05) is 52.5 Å². The summed E-state index contributed by atoms with van der Waals surface area (Å²) in [5.74, 6) is 0.233. The summed E-state index contributed by atoms with van der Waals surface area (Å²) in [6, 6.07) is 0.616. The Morgan fingerprint density at radius 2 is 1.96 bits per heavy atom. The Bertz CT molecular complexity index is 379. The highest BCUT2D eigenvalue weighted by Crippen LogP contribution is 2.19. The number of hydrogen-bond acceptors (Lipinski definition) is 5. The van der Waals surface area contributed by atoms with Crippen molar-refractivity contribution in [1.82, 2.24) is 15.1 Å². The molecule has 3 heterocycles. The maximum absolute atomic E-state index is 12.3. The van der Waals surface area contributed by atoms with E-state index in [0.717, 1.165) is 71.6 Å². The molecule has 0 radical (unpaired) electrons. The molecule has 0 aromatic heterocycles. The number of hydrogen-bond donors (Lipinski definition) is 1. The molecular weight excluding hydrogens is 294 g/mol. The van der Waals surface area contributed by atoms with Gasteiger partial charge in [0.05, 0.1) is 25.4 Å². The molecule has 0 bridgehead atoms. The average molecular weight is 325 g/mol. The third kappa shape index (κ3) is 4.89. The van der Waals surface area contributed by atoms with Crippen LogP contribution in [0.15, 0.2) is 0 Å². The van der Waals surface area contributed by atoms with E-state index in [1.165, 1.54) is 0 Å². The van der Waals surface area contributed by atoms with Crippen molar-refractivity contribution in [2.45, 2.75) is 50.9 Å². The van der Waals surface area contributed by atoms with E-state index in [2.05, 4.69) is 17.1 Å². The van der Waals surface area contributed by atoms with Crippen LogP contribution < -0.4 is 5.32 Å². The third-order valence-corrected chi connectivity index (χ3v) is 5.28. The number of nitrogens with one attached hydrogen (secondary N) is 1. The van der Waals surface area contributed by atoms with Crippen LogP contribution in [-0.2, 0) is 14.3 Å². The topological polar surface area (TPSA) is 54.0 Å². The van der Waals surface area contributed by atoms with Crippen LogP contribution in [-0.4, -0.2) is 86.4 Å². The number of carbonyl (C=O) groups is 1. The standard InChI is InChI=1S/C17H31N3O3/c1-14-13-20(8-10-22-14)15-4-6-19(7-5-15)17(21)12-18-11-16-3-2-9-23-16/h14-16,18H,2-13H2,1H3/t14-,16-/m0/s1. The lowest BCUT2D eigenvalue weighted by molar-refractivity contribution is -0.132. The van der Waals surface area contributed by atoms with Gasteiger partial charge in [0.15, 0.2) is 0 Å². The normalized spacial score (nSPS) is 30.7. The third-order valence-electron chi connectivity index (χ3n) is 5.28. The van der Waals surface area contributed by atoms with Crippen LogP contribution in [0.2, 0.25) is 0 Å². The van der Waals surface area contributed by atoms with Crippen molar-refractivity contribution < 1.29 is 14.3 Å². The number of carbonyl (C=O) groups excluding carboxylic acids is 1. The van der Waals surface area contributed by atoms with Crippen molar-refractivity contribution >= 4 is 5.91 Å². The summed E-state index contributed by atoms with van der Waals surface area (Å²) in [4.78, 5) is 16.9. The predicted molar refractivity (Wildman–Crippen MR) is 88.4 cm³/mol. The van der Waals surface area contributed by atoms with Gasteiger partial charge in [-0.25, -0.2) is 0 Å². The van der Waals surface area contributed by atoms with E-state index in [0.29, 0.717) is 24.8 Å². The fraction of sp³-hybridized carbons (Fsp3) is 0.941. The van der Waals surface area contributed by atoms with E-state index in [1.54, 1.807) is 0 Å². The van der Waals surface area contributed by atoms with Gasteiger partial charge in [-0.1, -0.05) is 0 Å². The molecule has 3 fully saturated rings. The lowest BCUT2D eigenvalue weighted by Gasteiger charge is -2.41. The van der Waals surface area contributed by atoms with Crippen molar-refractivity contribution in [3.05, 3.63) is 0 Å². The zero-order chi connectivity index (χ0) is 16.1. The molecule has 1 amide bonds. The molecule has 3 saturated heterocycles. The lowest BCUT2D eigenvalue weighted by Crippen LogP contribution is -2.52. The summed E-state index contributed by atoms with van der Waals surface area (Å²) in [5, 5.41) is 3.26. The van der Waals surface area contributed by atoms with Gasteiger partial charge in [-0.05, 0) is 32.6 Å². The van der Waals surface area contributed by atoms with Gasteiger partial charge in [-0.15, -0.1) is 0 Å². The maximum Gasteiger partial charge on any atom is 0.236 e. The smallest absolute Gasteiger partial charge is 0.236 e. The molecule has 0 saturated carbocycles. The Morgan fingerprint density at radius 3 is 2.65 bits per heavy atom. The van der Waals surface area contributed by atoms with E-state index < -0.39 is 0 Å². The van der Waals surface area contributed by atoms with Crippen LogP contribution >= 0.6 is 0 Å². The number of morpholine rings is 1. The molecule has 23 heavy (non-hydrogen) atoms. The fourth-order valence-electron chi connectivity index (χ4n) is 3.91. The van der Waals surface area contributed by atoms with Crippen LogP contribution in [0.4, 0.5) is 0 Å². The first-order valence-corrected chi connectivity index (χ1v) is 9.18. The van der Waals surface area contributed by atoms with Gasteiger partial charge in [0.1, 0.15) is 0 Å². The van der Waals surface area contributed by atoms with Gasteiger partial charge in [-0.3, -0.25) is 9.69 Å². The summed E-state index contributed by atoms with van der Waals surface area (Å²) in [6.45, 7) is 8.93. The van der Waals surface area contributed by atoms with Crippen LogP contribution in [0.5, 0.6) is 0 Å². The fourth-order valence-corrected chi connectivity index (χ4v) is 3.91. The highest BCUT2D eigenvalue weighted by Gasteiger charge is 2.29. The molecule has 0 aromatic rings. The first kappa shape index (κ1) is 17.1. The second-order valence-electron chi connectivity index (χ2n) is 7.05. The second kappa shape index (κ2) is 8.42. The van der Waals surface area contributed by atoms with E-state index >= 15 is 0 Å². The van der Waals surface area contributed by atoms with Crippen LogP contribution in [0, 0.1) is 0 Å². The van der Waals surface area contributed by atoms with Crippen molar-refractivity contribution in [3.8, 4) is 0 Å². The molecule has 6 heteroatoms. The van der Waals surface area contributed by atoms with Gasteiger partial charge in [0, 0.05) is 45.4 Å². The van der Waals surface area contributed by atoms with Gasteiger partial charge < -0.3 is 19.7 Å². The number of piperidine rings is 1. The summed E-state index contributed by atoms with van der Waals surface area (Å²) in [5.41, 5.74) is 0. The monoisotopic (exact) mass is 325 g/mol. The Morgan fingerprint density at radius 1 is 1.13 bits per heavy atom. The molecule has 0 unspecified atom stereocenters. The molecule has 3 aliphatic heterocycles. The minimum atomic E-state index is 0.233. The molecule has 3 rings (SSSR count). The maximum atomic E-state index is 12.3. The summed E-state index contributed by atoms with van der Waals surface area (Å²) in [7, 11) is 0. The zero-order valence-corrected chi connectivity index (χ0v) is 14.3. The van der Waals surface area contributed by atoms with Crippen molar-refractivity contribution in [1.29, 1.82) is 0 Å². The second-order valence-corrected chi connectivity index (χ2v) is 7.05. The quantitative estimate of drug-likeness (QED) is 0.796. The number of ether oxygens (including phenoxy) is 2. The molecule has 0 spiro atoms. The van der Waals surface area contributed by atoms with Crippen molar-refractivity contribution in [3.63, 3.8) is 0 Å². The molecule has 2 atom stereocenters. The first-order chi connectivity index (χ1) is 11.2. The number of rotatable bonds is 5. The van der Waals surface area contributed by atoms with Crippen LogP contribution in [0.1, 0.15) is 32.6 Å². The predicted octanol–water partition coefficient (Wildman–Crippen LogP) is 0.467. The highest BCUT2D eigenvalue weighted by atomic mass is 16.5. The number of amides is 1. The molecule has 0 aromatic carbocycles. The minimum Gasteiger partial charge on any atom is -0.377 e. The zero-order valence-electron chi connectivity index (χ0n) is 14.3. The summed E-state index contributed by atoms with van der Waals surface area (Å²) >= 11 is 0. The van der Waals surface area contributed by atoms with E-state index in [-0.39, 0.29) is 5.91 Å². The van der Waals surface area contributed by atoms with Gasteiger partial charge in [0.25, 0.3) is 0 Å². The van der Waals surface area contributed by atoms with Crippen LogP contribution in [0.25, 0.3) is 0 Å². The molecule has 132 valence electrons. The Labute approximate surface area is 139 Å². The largest absolute Gasteiger partial charge is 0.377 e. The van der Waals surface area contributed by atoms with E-state index in [1.807, 2.05) is 4.90 Å². The Balaban J connectivity index is 1.33. The van der Waals surface area contributed by atoms with Gasteiger partial charge >= 0.3 is 0 Å². The first-order valence-electron chi connectivity index (χ1n) is 9.18. The van der Waals surface area contributed by atoms with E-state index in [4.69, 9.17) is 9.47 Å². The highest BCUT2D eigenvalue weighted by molar-refractivity contribution is 5.78. The Kier molecular flexibility index (Phi) is 6.28. The van der Waals surface area contributed by atoms with E-state index in [9.17, 15) is 4.79 Å². The molecule has 1 N–H and O–H groups in total. The Hall–Kier alpha value is -0.690. The van der Waals surface area contributed by atoms with Crippen LogP contribution in [0.3, 0.4) is 0 Å². The average Bonchev–Trinajstić information content (AvgIpc) is 3.08. The molecule has 6 nitrogen and oxygen atoms in total.